The molecule has 6 heteroatoms. The zero-order valence-electron chi connectivity index (χ0n) is 18.1. The summed E-state index contributed by atoms with van der Waals surface area (Å²) in [6, 6.07) is 5.32. The lowest BCUT2D eigenvalue weighted by Crippen LogP contribution is -2.40. The molecule has 1 aromatic rings. The van der Waals surface area contributed by atoms with Crippen molar-refractivity contribution in [3.05, 3.63) is 23.8 Å². The van der Waals surface area contributed by atoms with Crippen molar-refractivity contribution in [3.8, 4) is 11.5 Å². The van der Waals surface area contributed by atoms with Gasteiger partial charge in [-0.25, -0.2) is 4.79 Å². The number of urea groups is 1. The molecule has 2 amide bonds. The van der Waals surface area contributed by atoms with Crippen molar-refractivity contribution in [2.24, 2.45) is 11.8 Å². The summed E-state index contributed by atoms with van der Waals surface area (Å²) in [4.78, 5) is 14.8. The first-order valence-corrected chi connectivity index (χ1v) is 10.4. The quantitative estimate of drug-likeness (QED) is 0.628. The highest BCUT2D eigenvalue weighted by Crippen LogP contribution is 2.29. The summed E-state index contributed by atoms with van der Waals surface area (Å²) >= 11 is 0. The van der Waals surface area contributed by atoms with Crippen molar-refractivity contribution in [3.63, 3.8) is 0 Å². The maximum atomic E-state index is 12.2. The minimum absolute atomic E-state index is 0.148. The van der Waals surface area contributed by atoms with E-state index in [1.165, 1.54) is 19.5 Å². The van der Waals surface area contributed by atoms with E-state index >= 15 is 0 Å². The molecule has 0 aromatic heterocycles. The van der Waals surface area contributed by atoms with E-state index in [0.717, 1.165) is 42.5 Å². The second kappa shape index (κ2) is 11.1. The van der Waals surface area contributed by atoms with Crippen LogP contribution in [0.25, 0.3) is 0 Å². The Morgan fingerprint density at radius 1 is 1.18 bits per heavy atom. The van der Waals surface area contributed by atoms with E-state index in [2.05, 4.69) is 29.4 Å². The summed E-state index contributed by atoms with van der Waals surface area (Å²) < 4.78 is 10.6. The first kappa shape index (κ1) is 22.3. The topological polar surface area (TPSA) is 62.8 Å². The van der Waals surface area contributed by atoms with Crippen molar-refractivity contribution in [2.45, 2.75) is 46.1 Å². The molecular weight excluding hydrogens is 354 g/mol. The molecule has 6 nitrogen and oxygen atoms in total. The molecule has 1 fully saturated rings. The summed E-state index contributed by atoms with van der Waals surface area (Å²) in [5.74, 6) is 3.03. The monoisotopic (exact) mass is 391 g/mol. The summed E-state index contributed by atoms with van der Waals surface area (Å²) in [6.07, 6.45) is 3.45. The van der Waals surface area contributed by atoms with Gasteiger partial charge in [-0.05, 0) is 56.7 Å². The first-order valence-electron chi connectivity index (χ1n) is 10.4. The molecule has 2 rings (SSSR count). The van der Waals surface area contributed by atoms with Crippen molar-refractivity contribution in [2.75, 3.05) is 40.4 Å². The van der Waals surface area contributed by atoms with Gasteiger partial charge in [-0.1, -0.05) is 13.8 Å². The lowest BCUT2D eigenvalue weighted by Gasteiger charge is -2.34. The van der Waals surface area contributed by atoms with E-state index in [4.69, 9.17) is 9.47 Å². The van der Waals surface area contributed by atoms with Crippen LogP contribution in [0.2, 0.25) is 0 Å². The highest BCUT2D eigenvalue weighted by atomic mass is 16.5. The average molecular weight is 392 g/mol. The Morgan fingerprint density at radius 3 is 2.54 bits per heavy atom. The Balaban J connectivity index is 1.68. The standard InChI is InChI=1S/C22H37N3O3/c1-16-12-17(2)15-25(14-16)11-7-6-10-23-22(26)24-18(3)20-9-8-19(27-4)13-21(20)28-5/h8-9,13,16-18H,6-7,10-12,14-15H2,1-5H3,(H2,23,24,26)/t16-,17-,18-/m0/s1. The van der Waals surface area contributed by atoms with Crippen molar-refractivity contribution in [1.29, 1.82) is 0 Å². The van der Waals surface area contributed by atoms with Gasteiger partial charge in [0.15, 0.2) is 0 Å². The van der Waals surface area contributed by atoms with Gasteiger partial charge in [0.05, 0.1) is 20.3 Å². The van der Waals surface area contributed by atoms with Crippen LogP contribution in [0.15, 0.2) is 18.2 Å². The van der Waals surface area contributed by atoms with E-state index in [-0.39, 0.29) is 12.1 Å². The highest BCUT2D eigenvalue weighted by molar-refractivity contribution is 5.74. The van der Waals surface area contributed by atoms with Crippen molar-refractivity contribution >= 4 is 6.03 Å². The molecule has 158 valence electrons. The number of methoxy groups -OCH3 is 2. The van der Waals surface area contributed by atoms with Crippen LogP contribution in [0.1, 0.15) is 51.6 Å². The van der Waals surface area contributed by atoms with Gasteiger partial charge in [0.25, 0.3) is 0 Å². The van der Waals surface area contributed by atoms with E-state index < -0.39 is 0 Å². The zero-order chi connectivity index (χ0) is 20.5. The van der Waals surface area contributed by atoms with Gasteiger partial charge in [-0.3, -0.25) is 0 Å². The maximum Gasteiger partial charge on any atom is 0.315 e. The molecule has 0 saturated carbocycles. The first-order chi connectivity index (χ1) is 13.4. The lowest BCUT2D eigenvalue weighted by molar-refractivity contribution is 0.139. The van der Waals surface area contributed by atoms with Crippen molar-refractivity contribution < 1.29 is 14.3 Å². The van der Waals surface area contributed by atoms with Crippen LogP contribution >= 0.6 is 0 Å². The minimum atomic E-state index is -0.155. The molecule has 0 bridgehead atoms. The van der Waals surface area contributed by atoms with Crippen LogP contribution in [0.4, 0.5) is 4.79 Å². The Bertz CT molecular complexity index is 613. The van der Waals surface area contributed by atoms with E-state index in [1.807, 2.05) is 25.1 Å². The van der Waals surface area contributed by atoms with Gasteiger partial charge in [0.2, 0.25) is 0 Å². The second-order valence-electron chi connectivity index (χ2n) is 8.14. The summed E-state index contributed by atoms with van der Waals surface area (Å²) in [7, 11) is 3.24. The zero-order valence-corrected chi connectivity index (χ0v) is 18.1. The molecule has 2 N–H and O–H groups in total. The number of likely N-dealkylation sites (tertiary alicyclic amines) is 1. The number of hydrogen-bond acceptors (Lipinski definition) is 4. The molecule has 1 saturated heterocycles. The fraction of sp³-hybridized carbons (Fsp3) is 0.682. The van der Waals surface area contributed by atoms with Crippen LogP contribution in [0, 0.1) is 11.8 Å². The molecule has 0 unspecified atom stereocenters. The number of carbonyl (C=O) groups is 1. The van der Waals surface area contributed by atoms with Gasteiger partial charge >= 0.3 is 6.03 Å². The molecular formula is C22H37N3O3. The van der Waals surface area contributed by atoms with Crippen LogP contribution in [0.5, 0.6) is 11.5 Å². The van der Waals surface area contributed by atoms with E-state index in [0.29, 0.717) is 12.3 Å². The summed E-state index contributed by atoms with van der Waals surface area (Å²) in [5, 5.41) is 5.94. The Hall–Kier alpha value is -1.95. The second-order valence-corrected chi connectivity index (χ2v) is 8.14. The molecule has 1 aliphatic heterocycles. The molecule has 0 radical (unpaired) electrons. The van der Waals surface area contributed by atoms with Crippen LogP contribution in [-0.4, -0.2) is 51.3 Å². The number of benzene rings is 1. The maximum absolute atomic E-state index is 12.2. The lowest BCUT2D eigenvalue weighted by atomic mass is 9.92. The Labute approximate surface area is 170 Å². The van der Waals surface area contributed by atoms with Gasteiger partial charge in [-0.2, -0.15) is 0 Å². The normalized spacial score (nSPS) is 21.0. The number of carbonyl (C=O) groups excluding carboxylic acids is 1. The van der Waals surface area contributed by atoms with Gasteiger partial charge in [0, 0.05) is 31.3 Å². The number of nitrogens with zero attached hydrogens (tertiary/aromatic N) is 1. The van der Waals surface area contributed by atoms with Crippen LogP contribution in [0.3, 0.4) is 0 Å². The third-order valence-corrected chi connectivity index (χ3v) is 5.39. The van der Waals surface area contributed by atoms with Crippen molar-refractivity contribution in [1.82, 2.24) is 15.5 Å². The number of unbranched alkanes of at least 4 members (excludes halogenated alkanes) is 1. The number of amides is 2. The smallest absolute Gasteiger partial charge is 0.315 e. The number of nitrogens with one attached hydrogen (secondary N) is 2. The van der Waals surface area contributed by atoms with Crippen LogP contribution in [-0.2, 0) is 0 Å². The predicted octanol–water partition coefficient (Wildman–Crippen LogP) is 3.82. The minimum Gasteiger partial charge on any atom is -0.497 e. The number of ether oxygens (including phenoxy) is 2. The fourth-order valence-corrected chi connectivity index (χ4v) is 4.14. The van der Waals surface area contributed by atoms with Gasteiger partial charge in [0.1, 0.15) is 11.5 Å². The molecule has 28 heavy (non-hydrogen) atoms. The average Bonchev–Trinajstić information content (AvgIpc) is 2.66. The molecule has 0 aliphatic carbocycles. The van der Waals surface area contributed by atoms with E-state index in [1.54, 1.807) is 14.2 Å². The number of piperidine rings is 1. The predicted molar refractivity (Wildman–Crippen MR) is 113 cm³/mol. The number of hydrogen-bond donors (Lipinski definition) is 2. The Kier molecular flexibility index (Phi) is 8.90. The third kappa shape index (κ3) is 6.89. The molecule has 1 aromatic carbocycles. The Morgan fingerprint density at radius 2 is 1.89 bits per heavy atom. The molecule has 3 atom stereocenters. The van der Waals surface area contributed by atoms with Gasteiger partial charge in [-0.15, -0.1) is 0 Å². The third-order valence-electron chi connectivity index (χ3n) is 5.39. The van der Waals surface area contributed by atoms with E-state index in [9.17, 15) is 4.79 Å². The molecule has 1 aliphatic rings. The number of rotatable bonds is 9. The largest absolute Gasteiger partial charge is 0.497 e. The molecule has 1 heterocycles. The fourth-order valence-electron chi connectivity index (χ4n) is 4.14. The SMILES string of the molecule is COc1ccc([C@H](C)NC(=O)NCCCCN2C[C@@H](C)C[C@H](C)C2)c(OC)c1. The highest BCUT2D eigenvalue weighted by Gasteiger charge is 2.21. The summed E-state index contributed by atoms with van der Waals surface area (Å²) in [6.45, 7) is 10.9. The summed E-state index contributed by atoms with van der Waals surface area (Å²) in [5.41, 5.74) is 0.923. The molecule has 0 spiro atoms. The van der Waals surface area contributed by atoms with Gasteiger partial charge < -0.3 is 25.0 Å². The van der Waals surface area contributed by atoms with Crippen LogP contribution < -0.4 is 20.1 Å².